The zero-order valence-corrected chi connectivity index (χ0v) is 12.4. The molecule has 2 rings (SSSR count). The lowest BCUT2D eigenvalue weighted by atomic mass is 10.0. The Morgan fingerprint density at radius 1 is 1.42 bits per heavy atom. The molecule has 1 heterocycles. The van der Waals surface area contributed by atoms with Gasteiger partial charge in [0.15, 0.2) is 0 Å². The van der Waals surface area contributed by atoms with E-state index in [1.807, 2.05) is 6.20 Å². The van der Waals surface area contributed by atoms with Crippen molar-refractivity contribution in [3.8, 4) is 0 Å². The van der Waals surface area contributed by atoms with Gasteiger partial charge in [0.2, 0.25) is 0 Å². The van der Waals surface area contributed by atoms with E-state index in [4.69, 9.17) is 4.74 Å². The largest absolute Gasteiger partial charge is 0.376 e. The van der Waals surface area contributed by atoms with E-state index >= 15 is 0 Å². The fraction of sp³-hybridized carbons (Fsp3) is 0.800. The van der Waals surface area contributed by atoms with Gasteiger partial charge in [-0.05, 0) is 51.6 Å². The van der Waals surface area contributed by atoms with E-state index in [-0.39, 0.29) is 6.04 Å². The van der Waals surface area contributed by atoms with Crippen molar-refractivity contribution in [1.82, 2.24) is 15.1 Å². The lowest BCUT2D eigenvalue weighted by molar-refractivity contribution is 0.0164. The Morgan fingerprint density at radius 3 is 2.79 bits per heavy atom. The molecule has 4 nitrogen and oxygen atoms in total. The standard InChI is InChI=1S/C15H27N3O/c1-4-10-16-14(13-9-11-17-18(13)5-2)15(19-6-3)12-7-8-12/h9,11-12,14-16H,4-8,10H2,1-3H3. The molecule has 108 valence electrons. The van der Waals surface area contributed by atoms with Crippen molar-refractivity contribution in [1.29, 1.82) is 0 Å². The van der Waals surface area contributed by atoms with Crippen LogP contribution in [0, 0.1) is 5.92 Å². The quantitative estimate of drug-likeness (QED) is 0.746. The highest BCUT2D eigenvalue weighted by Crippen LogP contribution is 2.40. The molecule has 1 aliphatic carbocycles. The minimum Gasteiger partial charge on any atom is -0.376 e. The van der Waals surface area contributed by atoms with Crippen LogP contribution in [0.15, 0.2) is 12.3 Å². The Morgan fingerprint density at radius 2 is 2.21 bits per heavy atom. The number of rotatable bonds is 9. The number of nitrogens with one attached hydrogen (secondary N) is 1. The van der Waals surface area contributed by atoms with Crippen LogP contribution in [0.1, 0.15) is 51.8 Å². The second-order valence-corrected chi connectivity index (χ2v) is 5.26. The molecule has 1 fully saturated rings. The molecule has 0 aliphatic heterocycles. The monoisotopic (exact) mass is 265 g/mol. The van der Waals surface area contributed by atoms with Crippen LogP contribution < -0.4 is 5.32 Å². The van der Waals surface area contributed by atoms with Gasteiger partial charge in [0.1, 0.15) is 0 Å². The van der Waals surface area contributed by atoms with Gasteiger partial charge in [0.25, 0.3) is 0 Å². The fourth-order valence-corrected chi connectivity index (χ4v) is 2.68. The van der Waals surface area contributed by atoms with Gasteiger partial charge in [-0.25, -0.2) is 0 Å². The van der Waals surface area contributed by atoms with Crippen LogP contribution in [0.2, 0.25) is 0 Å². The SMILES string of the molecule is CCCNC(c1ccnn1CC)C(OCC)C1CC1. The highest BCUT2D eigenvalue weighted by molar-refractivity contribution is 5.11. The number of hydrogen-bond donors (Lipinski definition) is 1. The molecule has 4 heteroatoms. The Labute approximate surface area is 116 Å². The summed E-state index contributed by atoms with van der Waals surface area (Å²) in [6, 6.07) is 2.40. The molecular formula is C15H27N3O. The summed E-state index contributed by atoms with van der Waals surface area (Å²) >= 11 is 0. The van der Waals surface area contributed by atoms with Gasteiger partial charge in [0.05, 0.1) is 17.8 Å². The molecule has 0 bridgehead atoms. The van der Waals surface area contributed by atoms with Gasteiger partial charge < -0.3 is 10.1 Å². The van der Waals surface area contributed by atoms with E-state index in [0.29, 0.717) is 6.10 Å². The maximum atomic E-state index is 6.04. The summed E-state index contributed by atoms with van der Waals surface area (Å²) in [6.07, 6.45) is 5.93. The summed E-state index contributed by atoms with van der Waals surface area (Å²) in [5.41, 5.74) is 1.27. The number of nitrogens with zero attached hydrogens (tertiary/aromatic N) is 2. The maximum Gasteiger partial charge on any atom is 0.0812 e. The van der Waals surface area contributed by atoms with Crippen molar-refractivity contribution < 1.29 is 4.74 Å². The second-order valence-electron chi connectivity index (χ2n) is 5.26. The first-order valence-corrected chi connectivity index (χ1v) is 7.68. The molecular weight excluding hydrogens is 238 g/mol. The molecule has 0 aromatic carbocycles. The van der Waals surface area contributed by atoms with E-state index in [1.54, 1.807) is 0 Å². The molecule has 1 N–H and O–H groups in total. The van der Waals surface area contributed by atoms with E-state index in [1.165, 1.54) is 18.5 Å². The molecule has 2 unspecified atom stereocenters. The molecule has 1 saturated carbocycles. The summed E-state index contributed by atoms with van der Waals surface area (Å²) in [7, 11) is 0. The normalized spacial score (nSPS) is 18.5. The fourth-order valence-electron chi connectivity index (χ4n) is 2.68. The molecule has 0 spiro atoms. The third-order valence-corrected chi connectivity index (χ3v) is 3.76. The maximum absolute atomic E-state index is 6.04. The number of ether oxygens (including phenoxy) is 1. The van der Waals surface area contributed by atoms with Gasteiger partial charge in [-0.3, -0.25) is 4.68 Å². The first-order chi connectivity index (χ1) is 9.31. The minimum absolute atomic E-state index is 0.273. The van der Waals surface area contributed by atoms with Gasteiger partial charge in [0, 0.05) is 19.3 Å². The molecule has 1 aromatic heterocycles. The van der Waals surface area contributed by atoms with Crippen LogP contribution in [0.3, 0.4) is 0 Å². The number of aryl methyl sites for hydroxylation is 1. The third kappa shape index (κ3) is 3.57. The summed E-state index contributed by atoms with van der Waals surface area (Å²) in [4.78, 5) is 0. The molecule has 19 heavy (non-hydrogen) atoms. The van der Waals surface area contributed by atoms with Crippen molar-refractivity contribution in [3.05, 3.63) is 18.0 Å². The Bertz CT molecular complexity index is 373. The number of aromatic nitrogens is 2. The molecule has 1 aliphatic rings. The predicted molar refractivity (Wildman–Crippen MR) is 77.1 cm³/mol. The van der Waals surface area contributed by atoms with E-state index in [0.717, 1.165) is 32.0 Å². The first-order valence-electron chi connectivity index (χ1n) is 7.68. The highest BCUT2D eigenvalue weighted by atomic mass is 16.5. The van der Waals surface area contributed by atoms with E-state index in [2.05, 4.69) is 41.9 Å². The lowest BCUT2D eigenvalue weighted by Gasteiger charge is -2.28. The smallest absolute Gasteiger partial charge is 0.0812 e. The van der Waals surface area contributed by atoms with Crippen LogP contribution in [0.4, 0.5) is 0 Å². The Balaban J connectivity index is 2.17. The van der Waals surface area contributed by atoms with Gasteiger partial charge in [-0.2, -0.15) is 5.10 Å². The summed E-state index contributed by atoms with van der Waals surface area (Å²) in [6.45, 7) is 9.15. The third-order valence-electron chi connectivity index (χ3n) is 3.76. The summed E-state index contributed by atoms with van der Waals surface area (Å²) < 4.78 is 8.13. The van der Waals surface area contributed by atoms with Crippen molar-refractivity contribution in [2.24, 2.45) is 5.92 Å². The van der Waals surface area contributed by atoms with Crippen LogP contribution in [-0.2, 0) is 11.3 Å². The van der Waals surface area contributed by atoms with Crippen LogP contribution >= 0.6 is 0 Å². The Hall–Kier alpha value is -0.870. The summed E-state index contributed by atoms with van der Waals surface area (Å²) in [5.74, 6) is 0.717. The molecule has 0 amide bonds. The lowest BCUT2D eigenvalue weighted by Crippen LogP contribution is -2.37. The average molecular weight is 265 g/mol. The van der Waals surface area contributed by atoms with E-state index in [9.17, 15) is 0 Å². The first kappa shape index (κ1) is 14.5. The topological polar surface area (TPSA) is 39.1 Å². The minimum atomic E-state index is 0.273. The zero-order chi connectivity index (χ0) is 13.7. The summed E-state index contributed by atoms with van der Waals surface area (Å²) in [5, 5.41) is 8.07. The van der Waals surface area contributed by atoms with Crippen LogP contribution in [0.5, 0.6) is 0 Å². The second kappa shape index (κ2) is 7.06. The molecule has 2 atom stereocenters. The molecule has 0 saturated heterocycles. The zero-order valence-electron chi connectivity index (χ0n) is 12.4. The average Bonchev–Trinajstić information content (AvgIpc) is 3.16. The van der Waals surface area contributed by atoms with Crippen molar-refractivity contribution in [2.75, 3.05) is 13.2 Å². The van der Waals surface area contributed by atoms with Gasteiger partial charge in [-0.1, -0.05) is 6.92 Å². The van der Waals surface area contributed by atoms with Crippen LogP contribution in [0.25, 0.3) is 0 Å². The Kier molecular flexibility index (Phi) is 5.40. The van der Waals surface area contributed by atoms with Gasteiger partial charge in [-0.15, -0.1) is 0 Å². The highest BCUT2D eigenvalue weighted by Gasteiger charge is 2.38. The van der Waals surface area contributed by atoms with Crippen molar-refractivity contribution in [2.45, 2.75) is 58.7 Å². The predicted octanol–water partition coefficient (Wildman–Crippen LogP) is 2.76. The van der Waals surface area contributed by atoms with Gasteiger partial charge >= 0.3 is 0 Å². The van der Waals surface area contributed by atoms with Crippen molar-refractivity contribution >= 4 is 0 Å². The van der Waals surface area contributed by atoms with Crippen molar-refractivity contribution in [3.63, 3.8) is 0 Å². The molecule has 1 aromatic rings. The number of hydrogen-bond acceptors (Lipinski definition) is 3. The van der Waals surface area contributed by atoms with E-state index < -0.39 is 0 Å². The molecule has 0 radical (unpaired) electrons. The van der Waals surface area contributed by atoms with Crippen LogP contribution in [-0.4, -0.2) is 29.0 Å².